The van der Waals surface area contributed by atoms with Gasteiger partial charge >= 0.3 is 0 Å². The second kappa shape index (κ2) is 4.59. The highest BCUT2D eigenvalue weighted by atomic mass is 35.5. The molecule has 2 heterocycles. The molecule has 0 saturated carbocycles. The summed E-state index contributed by atoms with van der Waals surface area (Å²) >= 11 is 11.9. The third-order valence-electron chi connectivity index (χ3n) is 2.77. The summed E-state index contributed by atoms with van der Waals surface area (Å²) in [6.07, 6.45) is 3.52. The molecule has 18 heavy (non-hydrogen) atoms. The number of hydrogen-bond acceptors (Lipinski definition) is 2. The van der Waals surface area contributed by atoms with Crippen LogP contribution in [0.5, 0.6) is 0 Å². The average Bonchev–Trinajstić information content (AvgIpc) is 2.76. The lowest BCUT2D eigenvalue weighted by molar-refractivity contribution is 0.710. The van der Waals surface area contributed by atoms with Gasteiger partial charge in [-0.25, -0.2) is 4.98 Å². The van der Waals surface area contributed by atoms with Crippen LogP contribution in [0.1, 0.15) is 5.56 Å². The molecule has 2 aromatic heterocycles. The minimum absolute atomic E-state index is 0.397. The van der Waals surface area contributed by atoms with Gasteiger partial charge in [-0.1, -0.05) is 41.4 Å². The van der Waals surface area contributed by atoms with E-state index in [0.29, 0.717) is 16.7 Å². The van der Waals surface area contributed by atoms with Gasteiger partial charge in [0.1, 0.15) is 5.15 Å². The van der Waals surface area contributed by atoms with E-state index in [1.54, 1.807) is 12.3 Å². The van der Waals surface area contributed by atoms with E-state index in [2.05, 4.69) is 10.1 Å². The molecule has 5 heteroatoms. The summed E-state index contributed by atoms with van der Waals surface area (Å²) < 4.78 is 1.89. The van der Waals surface area contributed by atoms with Gasteiger partial charge in [0, 0.05) is 17.1 Å². The topological polar surface area (TPSA) is 30.7 Å². The average molecular weight is 278 g/mol. The van der Waals surface area contributed by atoms with Gasteiger partial charge in [-0.2, -0.15) is 5.10 Å². The maximum absolute atomic E-state index is 6.13. The molecule has 0 unspecified atom stereocenters. The number of benzene rings is 1. The first-order valence-corrected chi connectivity index (χ1v) is 6.20. The van der Waals surface area contributed by atoms with Gasteiger partial charge in [0.25, 0.3) is 0 Å². The molecule has 0 bridgehead atoms. The zero-order valence-electron chi connectivity index (χ0n) is 9.35. The van der Waals surface area contributed by atoms with Gasteiger partial charge in [-0.3, -0.25) is 4.68 Å². The van der Waals surface area contributed by atoms with Gasteiger partial charge < -0.3 is 0 Å². The van der Waals surface area contributed by atoms with Crippen molar-refractivity contribution < 1.29 is 0 Å². The number of fused-ring (bicyclic) bond motifs is 1. The largest absolute Gasteiger partial charge is 0.260 e. The number of aromatic nitrogens is 3. The van der Waals surface area contributed by atoms with Crippen LogP contribution in [-0.4, -0.2) is 14.8 Å². The molecule has 3 nitrogen and oxygen atoms in total. The molecular formula is C13H9Cl2N3. The van der Waals surface area contributed by atoms with E-state index < -0.39 is 0 Å². The maximum atomic E-state index is 6.13. The summed E-state index contributed by atoms with van der Waals surface area (Å²) in [5.74, 6) is 0. The molecule has 0 radical (unpaired) electrons. The second-order valence-electron chi connectivity index (χ2n) is 3.96. The predicted molar refractivity (Wildman–Crippen MR) is 73.1 cm³/mol. The Bertz CT molecular complexity index is 706. The van der Waals surface area contributed by atoms with Crippen LogP contribution < -0.4 is 0 Å². The van der Waals surface area contributed by atoms with E-state index in [9.17, 15) is 0 Å². The molecule has 0 aliphatic carbocycles. The molecule has 0 fully saturated rings. The zero-order valence-corrected chi connectivity index (χ0v) is 10.9. The van der Waals surface area contributed by atoms with Crippen molar-refractivity contribution >= 4 is 34.1 Å². The quantitative estimate of drug-likeness (QED) is 0.668. The minimum Gasteiger partial charge on any atom is -0.260 e. The normalized spacial score (nSPS) is 11.0. The number of rotatable bonds is 2. The third kappa shape index (κ3) is 2.07. The van der Waals surface area contributed by atoms with E-state index in [1.807, 2.05) is 35.1 Å². The zero-order chi connectivity index (χ0) is 12.5. The Hall–Kier alpha value is -1.58. The van der Waals surface area contributed by atoms with Gasteiger partial charge in [0.15, 0.2) is 0 Å². The molecular weight excluding hydrogens is 269 g/mol. The fourth-order valence-corrected chi connectivity index (χ4v) is 2.29. The Morgan fingerprint density at radius 3 is 2.78 bits per heavy atom. The summed E-state index contributed by atoms with van der Waals surface area (Å²) in [6, 6.07) is 9.68. The van der Waals surface area contributed by atoms with Crippen molar-refractivity contribution in [2.24, 2.45) is 0 Å². The molecule has 0 saturated heterocycles. The smallest absolute Gasteiger partial charge is 0.130 e. The number of para-hydroxylation sites is 1. The highest BCUT2D eigenvalue weighted by Crippen LogP contribution is 2.21. The Labute approximate surface area is 114 Å². The highest BCUT2D eigenvalue weighted by Gasteiger charge is 2.06. The van der Waals surface area contributed by atoms with Crippen LogP contribution in [-0.2, 0) is 6.54 Å². The fourth-order valence-electron chi connectivity index (χ4n) is 1.87. The molecule has 3 aromatic rings. The van der Waals surface area contributed by atoms with Crippen LogP contribution in [0.4, 0.5) is 0 Å². The van der Waals surface area contributed by atoms with Crippen LogP contribution >= 0.6 is 23.2 Å². The highest BCUT2D eigenvalue weighted by molar-refractivity contribution is 6.34. The van der Waals surface area contributed by atoms with Crippen molar-refractivity contribution in [2.45, 2.75) is 6.54 Å². The molecule has 0 aliphatic rings. The minimum atomic E-state index is 0.397. The SMILES string of the molecule is Clc1cc(Cl)c(Cn2ncc3ccccc32)cn1. The van der Waals surface area contributed by atoms with E-state index >= 15 is 0 Å². The van der Waals surface area contributed by atoms with Crippen molar-refractivity contribution in [3.8, 4) is 0 Å². The molecule has 90 valence electrons. The third-order valence-corrected chi connectivity index (χ3v) is 3.33. The van der Waals surface area contributed by atoms with E-state index in [-0.39, 0.29) is 0 Å². The molecule has 1 aromatic carbocycles. The van der Waals surface area contributed by atoms with E-state index in [4.69, 9.17) is 23.2 Å². The molecule has 0 spiro atoms. The van der Waals surface area contributed by atoms with Gasteiger partial charge in [0.2, 0.25) is 0 Å². The molecule has 3 rings (SSSR count). The maximum Gasteiger partial charge on any atom is 0.130 e. The molecule has 0 amide bonds. The summed E-state index contributed by atoms with van der Waals surface area (Å²) in [4.78, 5) is 4.04. The van der Waals surface area contributed by atoms with Crippen LogP contribution in [0, 0.1) is 0 Å². The lowest BCUT2D eigenvalue weighted by Gasteiger charge is -2.05. The standard InChI is InChI=1S/C13H9Cl2N3/c14-11-5-13(15)16-6-10(11)8-18-12-4-2-1-3-9(12)7-17-18/h1-7H,8H2. The Morgan fingerprint density at radius 1 is 1.11 bits per heavy atom. The predicted octanol–water partition coefficient (Wildman–Crippen LogP) is 3.79. The van der Waals surface area contributed by atoms with Crippen molar-refractivity contribution in [2.75, 3.05) is 0 Å². The van der Waals surface area contributed by atoms with Gasteiger partial charge in [-0.15, -0.1) is 0 Å². The summed E-state index contributed by atoms with van der Waals surface area (Å²) in [7, 11) is 0. The van der Waals surface area contributed by atoms with Gasteiger partial charge in [0.05, 0.1) is 23.3 Å². The number of hydrogen-bond donors (Lipinski definition) is 0. The summed E-state index contributed by atoms with van der Waals surface area (Å²) in [5, 5.41) is 6.46. The number of halogens is 2. The number of pyridine rings is 1. The first-order valence-electron chi connectivity index (χ1n) is 5.44. The Kier molecular flexibility index (Phi) is 2.94. The van der Waals surface area contributed by atoms with Gasteiger partial charge in [-0.05, 0) is 12.1 Å². The Morgan fingerprint density at radius 2 is 1.94 bits per heavy atom. The lowest BCUT2D eigenvalue weighted by atomic mass is 10.2. The number of nitrogens with zero attached hydrogens (tertiary/aromatic N) is 3. The van der Waals surface area contributed by atoms with Crippen LogP contribution in [0.3, 0.4) is 0 Å². The Balaban J connectivity index is 2.01. The fraction of sp³-hybridized carbons (Fsp3) is 0.0769. The van der Waals surface area contributed by atoms with Crippen molar-refractivity contribution in [3.05, 3.63) is 58.5 Å². The summed E-state index contributed by atoms with van der Waals surface area (Å²) in [5.41, 5.74) is 1.97. The van der Waals surface area contributed by atoms with E-state index in [1.165, 1.54) is 0 Å². The van der Waals surface area contributed by atoms with Crippen LogP contribution in [0.25, 0.3) is 10.9 Å². The first kappa shape index (κ1) is 11.5. The summed E-state index contributed by atoms with van der Waals surface area (Å²) in [6.45, 7) is 0.580. The van der Waals surface area contributed by atoms with E-state index in [0.717, 1.165) is 16.5 Å². The first-order chi connectivity index (χ1) is 8.74. The van der Waals surface area contributed by atoms with Crippen molar-refractivity contribution in [1.82, 2.24) is 14.8 Å². The monoisotopic (exact) mass is 277 g/mol. The lowest BCUT2D eigenvalue weighted by Crippen LogP contribution is -2.02. The second-order valence-corrected chi connectivity index (χ2v) is 4.75. The molecule has 0 atom stereocenters. The molecule has 0 aliphatic heterocycles. The van der Waals surface area contributed by atoms with Crippen LogP contribution in [0.15, 0.2) is 42.7 Å². The van der Waals surface area contributed by atoms with Crippen LogP contribution in [0.2, 0.25) is 10.2 Å². The van der Waals surface area contributed by atoms with Crippen molar-refractivity contribution in [1.29, 1.82) is 0 Å². The molecule has 0 N–H and O–H groups in total. The van der Waals surface area contributed by atoms with Crippen molar-refractivity contribution in [3.63, 3.8) is 0 Å².